The predicted octanol–water partition coefficient (Wildman–Crippen LogP) is 1.05. The Balaban J connectivity index is 1.30. The maximum absolute atomic E-state index is 13.4. The average Bonchev–Trinajstić information content (AvgIpc) is 3.44. The standard InChI is InChI=1S/C23H20FN7O4/c1-12(13-6-15(24)9-25-8-13)26-21(33)18-11-31(29-28-18)16-2-3-17-14(7-16)10-30(23(17)35)19-4-5-20(32)27-22(19)34/h2-3,6-9,11-12,19H,4-5,10H2,1H3,(H,26,33)(H,27,32,34)/t12-,19?/m1/s1. The molecule has 11 nitrogen and oxygen atoms in total. The molecular formula is C23H20FN7O4. The van der Waals surface area contributed by atoms with E-state index >= 15 is 0 Å². The quantitative estimate of drug-likeness (QED) is 0.524. The summed E-state index contributed by atoms with van der Waals surface area (Å²) in [7, 11) is 0. The molecule has 1 fully saturated rings. The topological polar surface area (TPSA) is 139 Å². The Morgan fingerprint density at radius 1 is 1.23 bits per heavy atom. The van der Waals surface area contributed by atoms with Crippen LogP contribution in [0.1, 0.15) is 57.8 Å². The number of fused-ring (bicyclic) bond motifs is 1. The van der Waals surface area contributed by atoms with E-state index in [9.17, 15) is 23.6 Å². The fourth-order valence-corrected chi connectivity index (χ4v) is 4.22. The van der Waals surface area contributed by atoms with Crippen LogP contribution in [0.2, 0.25) is 0 Å². The number of imide groups is 1. The summed E-state index contributed by atoms with van der Waals surface area (Å²) >= 11 is 0. The monoisotopic (exact) mass is 477 g/mol. The van der Waals surface area contributed by atoms with Crippen LogP contribution in [0.15, 0.2) is 42.9 Å². The lowest BCUT2D eigenvalue weighted by Gasteiger charge is -2.29. The number of hydrogen-bond acceptors (Lipinski definition) is 7. The Kier molecular flexibility index (Phi) is 5.55. The molecule has 0 saturated carbocycles. The van der Waals surface area contributed by atoms with Gasteiger partial charge in [-0.2, -0.15) is 0 Å². The van der Waals surface area contributed by atoms with E-state index in [2.05, 4.69) is 25.9 Å². The zero-order valence-electron chi connectivity index (χ0n) is 18.6. The summed E-state index contributed by atoms with van der Waals surface area (Å²) < 4.78 is 14.8. The van der Waals surface area contributed by atoms with Crippen molar-refractivity contribution in [3.8, 4) is 5.69 Å². The van der Waals surface area contributed by atoms with Crippen LogP contribution in [0.4, 0.5) is 4.39 Å². The number of aromatic nitrogens is 4. The Bertz CT molecular complexity index is 1370. The van der Waals surface area contributed by atoms with Gasteiger partial charge in [0.1, 0.15) is 11.9 Å². The van der Waals surface area contributed by atoms with E-state index in [0.717, 1.165) is 6.20 Å². The van der Waals surface area contributed by atoms with Gasteiger partial charge >= 0.3 is 0 Å². The van der Waals surface area contributed by atoms with Crippen LogP contribution in [0.5, 0.6) is 0 Å². The first-order chi connectivity index (χ1) is 16.8. The van der Waals surface area contributed by atoms with Crippen molar-refractivity contribution in [2.75, 3.05) is 0 Å². The van der Waals surface area contributed by atoms with Gasteiger partial charge < -0.3 is 10.2 Å². The third-order valence-corrected chi connectivity index (χ3v) is 6.07. The molecule has 4 amide bonds. The highest BCUT2D eigenvalue weighted by atomic mass is 19.1. The van der Waals surface area contributed by atoms with E-state index in [0.29, 0.717) is 22.4 Å². The van der Waals surface area contributed by atoms with Gasteiger partial charge in [-0.05, 0) is 48.7 Å². The maximum atomic E-state index is 13.4. The molecule has 0 radical (unpaired) electrons. The normalized spacial score (nSPS) is 18.3. The van der Waals surface area contributed by atoms with Crippen LogP contribution in [-0.4, -0.2) is 54.5 Å². The van der Waals surface area contributed by atoms with Crippen molar-refractivity contribution >= 4 is 23.6 Å². The van der Waals surface area contributed by atoms with Gasteiger partial charge in [0.05, 0.1) is 24.1 Å². The third kappa shape index (κ3) is 4.25. The van der Waals surface area contributed by atoms with Crippen molar-refractivity contribution < 1.29 is 23.6 Å². The summed E-state index contributed by atoms with van der Waals surface area (Å²) in [6.45, 7) is 1.92. The molecule has 2 aromatic heterocycles. The molecule has 2 atom stereocenters. The lowest BCUT2D eigenvalue weighted by Crippen LogP contribution is -2.52. The molecule has 178 valence electrons. The number of carbonyl (C=O) groups excluding carboxylic acids is 4. The van der Waals surface area contributed by atoms with E-state index < -0.39 is 29.7 Å². The maximum Gasteiger partial charge on any atom is 0.273 e. The molecule has 5 rings (SSSR count). The second-order valence-electron chi connectivity index (χ2n) is 8.42. The molecule has 35 heavy (non-hydrogen) atoms. The molecule has 1 unspecified atom stereocenters. The predicted molar refractivity (Wildman–Crippen MR) is 117 cm³/mol. The summed E-state index contributed by atoms with van der Waals surface area (Å²) in [6, 6.07) is 5.14. The van der Waals surface area contributed by atoms with Gasteiger partial charge in [0.25, 0.3) is 11.8 Å². The van der Waals surface area contributed by atoms with Crippen LogP contribution in [0.3, 0.4) is 0 Å². The number of halogens is 1. The van der Waals surface area contributed by atoms with Crippen LogP contribution >= 0.6 is 0 Å². The summed E-state index contributed by atoms with van der Waals surface area (Å²) in [5.41, 5.74) is 2.31. The second-order valence-corrected chi connectivity index (χ2v) is 8.42. The average molecular weight is 477 g/mol. The molecule has 2 N–H and O–H groups in total. The molecule has 2 aliphatic heterocycles. The molecule has 0 spiro atoms. The van der Waals surface area contributed by atoms with Crippen LogP contribution in [-0.2, 0) is 16.1 Å². The van der Waals surface area contributed by atoms with Gasteiger partial charge in [-0.25, -0.2) is 9.07 Å². The van der Waals surface area contributed by atoms with Crippen LogP contribution in [0, 0.1) is 5.82 Å². The van der Waals surface area contributed by atoms with E-state index in [1.807, 2.05) is 0 Å². The minimum atomic E-state index is -0.701. The third-order valence-electron chi connectivity index (χ3n) is 6.07. The first-order valence-electron chi connectivity index (χ1n) is 10.9. The minimum Gasteiger partial charge on any atom is -0.344 e. The van der Waals surface area contributed by atoms with Crippen LogP contribution < -0.4 is 10.6 Å². The van der Waals surface area contributed by atoms with Gasteiger partial charge in [0.2, 0.25) is 11.8 Å². The first-order valence-corrected chi connectivity index (χ1v) is 10.9. The summed E-state index contributed by atoms with van der Waals surface area (Å²) in [5.74, 6) is -2.08. The number of pyridine rings is 1. The summed E-state index contributed by atoms with van der Waals surface area (Å²) in [5, 5.41) is 12.9. The largest absolute Gasteiger partial charge is 0.344 e. The fourth-order valence-electron chi connectivity index (χ4n) is 4.22. The number of hydrogen-bond donors (Lipinski definition) is 2. The Labute approximate surface area is 198 Å². The summed E-state index contributed by atoms with van der Waals surface area (Å²) in [4.78, 5) is 54.3. The van der Waals surface area contributed by atoms with E-state index in [-0.39, 0.29) is 36.9 Å². The van der Waals surface area contributed by atoms with Crippen molar-refractivity contribution in [2.45, 2.75) is 38.4 Å². The highest BCUT2D eigenvalue weighted by Crippen LogP contribution is 2.29. The molecule has 2 aliphatic rings. The molecule has 0 bridgehead atoms. The number of amides is 4. The van der Waals surface area contributed by atoms with E-state index in [1.54, 1.807) is 25.1 Å². The number of nitrogens with zero attached hydrogens (tertiary/aromatic N) is 5. The van der Waals surface area contributed by atoms with Crippen molar-refractivity contribution in [3.05, 3.63) is 71.1 Å². The Hall–Kier alpha value is -4.48. The van der Waals surface area contributed by atoms with Crippen LogP contribution in [0.25, 0.3) is 5.69 Å². The molecular weight excluding hydrogens is 457 g/mol. The van der Waals surface area contributed by atoms with Crippen molar-refractivity contribution in [1.29, 1.82) is 0 Å². The number of piperidine rings is 1. The number of carbonyl (C=O) groups is 4. The lowest BCUT2D eigenvalue weighted by atomic mass is 10.0. The van der Waals surface area contributed by atoms with Gasteiger partial charge in [-0.15, -0.1) is 5.10 Å². The first kappa shape index (κ1) is 22.3. The Morgan fingerprint density at radius 2 is 2.06 bits per heavy atom. The molecule has 12 heteroatoms. The molecule has 1 aromatic carbocycles. The Morgan fingerprint density at radius 3 is 2.83 bits per heavy atom. The fraction of sp³-hybridized carbons (Fsp3) is 0.261. The molecule has 0 aliphatic carbocycles. The molecule has 1 saturated heterocycles. The zero-order valence-corrected chi connectivity index (χ0v) is 18.6. The highest BCUT2D eigenvalue weighted by Gasteiger charge is 2.39. The lowest BCUT2D eigenvalue weighted by molar-refractivity contribution is -0.136. The highest BCUT2D eigenvalue weighted by molar-refractivity contribution is 6.05. The number of nitrogens with one attached hydrogen (secondary N) is 2. The molecule has 3 aromatic rings. The number of benzene rings is 1. The minimum absolute atomic E-state index is 0.0583. The number of rotatable bonds is 5. The van der Waals surface area contributed by atoms with Gasteiger partial charge in [0, 0.05) is 24.7 Å². The SMILES string of the molecule is C[C@@H](NC(=O)c1cn(-c2ccc3c(c2)CN(C2CCC(=O)NC2=O)C3=O)nn1)c1cncc(F)c1. The van der Waals surface area contributed by atoms with Gasteiger partial charge in [0.15, 0.2) is 5.69 Å². The van der Waals surface area contributed by atoms with Crippen molar-refractivity contribution in [2.24, 2.45) is 0 Å². The van der Waals surface area contributed by atoms with Crippen molar-refractivity contribution in [1.82, 2.24) is 35.5 Å². The van der Waals surface area contributed by atoms with Gasteiger partial charge in [-0.1, -0.05) is 5.21 Å². The van der Waals surface area contributed by atoms with Crippen molar-refractivity contribution in [3.63, 3.8) is 0 Å². The zero-order chi connectivity index (χ0) is 24.7. The van der Waals surface area contributed by atoms with Gasteiger partial charge in [-0.3, -0.25) is 29.5 Å². The molecule has 4 heterocycles. The van der Waals surface area contributed by atoms with E-state index in [1.165, 1.54) is 28.0 Å². The van der Waals surface area contributed by atoms with E-state index in [4.69, 9.17) is 0 Å². The smallest absolute Gasteiger partial charge is 0.273 e. The second kappa shape index (κ2) is 8.70. The summed E-state index contributed by atoms with van der Waals surface area (Å²) in [6.07, 6.45) is 4.46.